The zero-order chi connectivity index (χ0) is 9.97. The summed E-state index contributed by atoms with van der Waals surface area (Å²) in [6.07, 6.45) is 5.29. The van der Waals surface area contributed by atoms with Crippen molar-refractivity contribution in [1.82, 2.24) is 10.1 Å². The standard InChI is InChI=1S/C11H8N2O/c1-3-9-5-4-6-10(7-9)11-12-8(2)14-13-11/h1,4-7H,2H3. The molecule has 14 heavy (non-hydrogen) atoms. The van der Waals surface area contributed by atoms with E-state index in [0.717, 1.165) is 11.1 Å². The van der Waals surface area contributed by atoms with E-state index in [1.54, 1.807) is 6.92 Å². The Bertz CT molecular complexity index is 494. The van der Waals surface area contributed by atoms with Crippen LogP contribution < -0.4 is 0 Å². The highest BCUT2D eigenvalue weighted by Crippen LogP contribution is 2.16. The summed E-state index contributed by atoms with van der Waals surface area (Å²) in [7, 11) is 0. The zero-order valence-corrected chi connectivity index (χ0v) is 7.69. The van der Waals surface area contributed by atoms with Crippen LogP contribution in [0.1, 0.15) is 11.5 Å². The van der Waals surface area contributed by atoms with Crippen molar-refractivity contribution in [2.45, 2.75) is 6.92 Å². The molecular formula is C11H8N2O. The van der Waals surface area contributed by atoms with Crippen molar-refractivity contribution >= 4 is 0 Å². The fourth-order valence-corrected chi connectivity index (χ4v) is 1.16. The van der Waals surface area contributed by atoms with Crippen LogP contribution in [0.15, 0.2) is 28.8 Å². The van der Waals surface area contributed by atoms with E-state index in [1.807, 2.05) is 24.3 Å². The molecule has 0 saturated carbocycles. The van der Waals surface area contributed by atoms with Gasteiger partial charge in [0.15, 0.2) is 0 Å². The average Bonchev–Trinajstić information content (AvgIpc) is 2.65. The molecule has 0 atom stereocenters. The van der Waals surface area contributed by atoms with Crippen molar-refractivity contribution in [1.29, 1.82) is 0 Å². The molecule has 0 radical (unpaired) electrons. The van der Waals surface area contributed by atoms with Gasteiger partial charge in [-0.2, -0.15) is 4.98 Å². The van der Waals surface area contributed by atoms with E-state index in [-0.39, 0.29) is 0 Å². The molecule has 0 fully saturated rings. The second kappa shape index (κ2) is 3.35. The minimum absolute atomic E-state index is 0.547. The molecular weight excluding hydrogens is 176 g/mol. The van der Waals surface area contributed by atoms with Gasteiger partial charge in [-0.15, -0.1) is 6.42 Å². The molecule has 0 saturated heterocycles. The van der Waals surface area contributed by atoms with Gasteiger partial charge in [0.2, 0.25) is 11.7 Å². The maximum Gasteiger partial charge on any atom is 0.223 e. The predicted octanol–water partition coefficient (Wildman–Crippen LogP) is 2.03. The van der Waals surface area contributed by atoms with Gasteiger partial charge >= 0.3 is 0 Å². The molecule has 0 aliphatic heterocycles. The van der Waals surface area contributed by atoms with Gasteiger partial charge < -0.3 is 4.52 Å². The van der Waals surface area contributed by atoms with Crippen molar-refractivity contribution in [3.8, 4) is 23.7 Å². The summed E-state index contributed by atoms with van der Waals surface area (Å²) in [4.78, 5) is 4.11. The summed E-state index contributed by atoms with van der Waals surface area (Å²) >= 11 is 0. The lowest BCUT2D eigenvalue weighted by Crippen LogP contribution is -1.82. The highest BCUT2D eigenvalue weighted by atomic mass is 16.5. The largest absolute Gasteiger partial charge is 0.339 e. The maximum absolute atomic E-state index is 5.29. The van der Waals surface area contributed by atoms with Gasteiger partial charge in [0.25, 0.3) is 0 Å². The van der Waals surface area contributed by atoms with E-state index in [0.29, 0.717) is 11.7 Å². The Kier molecular flexibility index (Phi) is 2.04. The first-order chi connectivity index (χ1) is 6.79. The third-order valence-corrected chi connectivity index (χ3v) is 1.82. The number of hydrogen-bond acceptors (Lipinski definition) is 3. The Hall–Kier alpha value is -2.08. The van der Waals surface area contributed by atoms with Crippen LogP contribution in [0.2, 0.25) is 0 Å². The monoisotopic (exact) mass is 184 g/mol. The smallest absolute Gasteiger partial charge is 0.223 e. The lowest BCUT2D eigenvalue weighted by Gasteiger charge is -1.94. The summed E-state index contributed by atoms with van der Waals surface area (Å²) < 4.78 is 4.88. The van der Waals surface area contributed by atoms with Crippen LogP contribution in [0.25, 0.3) is 11.4 Å². The molecule has 0 aliphatic rings. The first kappa shape index (κ1) is 8.52. The van der Waals surface area contributed by atoms with E-state index in [2.05, 4.69) is 16.1 Å². The fourth-order valence-electron chi connectivity index (χ4n) is 1.16. The molecule has 0 bridgehead atoms. The second-order valence-corrected chi connectivity index (χ2v) is 2.86. The summed E-state index contributed by atoms with van der Waals surface area (Å²) in [5.74, 6) is 3.67. The predicted molar refractivity (Wildman–Crippen MR) is 52.4 cm³/mol. The Morgan fingerprint density at radius 2 is 2.29 bits per heavy atom. The normalized spacial score (nSPS) is 9.71. The minimum atomic E-state index is 0.547. The Balaban J connectivity index is 2.47. The molecule has 0 unspecified atom stereocenters. The number of terminal acetylenes is 1. The van der Waals surface area contributed by atoms with E-state index in [1.165, 1.54) is 0 Å². The molecule has 1 heterocycles. The van der Waals surface area contributed by atoms with Crippen LogP contribution in [0, 0.1) is 19.3 Å². The summed E-state index contributed by atoms with van der Waals surface area (Å²) in [5, 5.41) is 3.81. The number of aryl methyl sites for hydroxylation is 1. The maximum atomic E-state index is 5.29. The van der Waals surface area contributed by atoms with Crippen LogP contribution >= 0.6 is 0 Å². The van der Waals surface area contributed by atoms with Gasteiger partial charge in [-0.25, -0.2) is 0 Å². The second-order valence-electron chi connectivity index (χ2n) is 2.86. The Labute approximate surface area is 81.8 Å². The third kappa shape index (κ3) is 1.50. The summed E-state index contributed by atoms with van der Waals surface area (Å²) in [6.45, 7) is 1.75. The van der Waals surface area contributed by atoms with Crippen LogP contribution in [-0.2, 0) is 0 Å². The quantitative estimate of drug-likeness (QED) is 0.636. The molecule has 3 nitrogen and oxygen atoms in total. The highest BCUT2D eigenvalue weighted by Gasteiger charge is 2.04. The molecule has 68 valence electrons. The van der Waals surface area contributed by atoms with E-state index < -0.39 is 0 Å². The van der Waals surface area contributed by atoms with Crippen LogP contribution in [-0.4, -0.2) is 10.1 Å². The highest BCUT2D eigenvalue weighted by molar-refractivity contribution is 5.57. The number of hydrogen-bond donors (Lipinski definition) is 0. The van der Waals surface area contributed by atoms with Gasteiger partial charge in [0, 0.05) is 18.1 Å². The first-order valence-electron chi connectivity index (χ1n) is 4.17. The molecule has 1 aromatic carbocycles. The summed E-state index contributed by atoms with van der Waals surface area (Å²) in [5.41, 5.74) is 1.68. The SMILES string of the molecule is C#Cc1cccc(-c2noc(C)n2)c1. The molecule has 0 spiro atoms. The van der Waals surface area contributed by atoms with E-state index in [9.17, 15) is 0 Å². The van der Waals surface area contributed by atoms with Gasteiger partial charge in [0.05, 0.1) is 0 Å². The van der Waals surface area contributed by atoms with Crippen molar-refractivity contribution in [2.24, 2.45) is 0 Å². The zero-order valence-electron chi connectivity index (χ0n) is 7.69. The third-order valence-electron chi connectivity index (χ3n) is 1.82. The number of rotatable bonds is 1. The van der Waals surface area contributed by atoms with Crippen molar-refractivity contribution in [3.05, 3.63) is 35.7 Å². The van der Waals surface area contributed by atoms with Crippen molar-refractivity contribution < 1.29 is 4.52 Å². The molecule has 2 rings (SSSR count). The molecule has 0 aliphatic carbocycles. The van der Waals surface area contributed by atoms with Gasteiger partial charge in [0.1, 0.15) is 0 Å². The Morgan fingerprint density at radius 1 is 1.43 bits per heavy atom. The van der Waals surface area contributed by atoms with Gasteiger partial charge in [-0.05, 0) is 12.1 Å². The number of nitrogens with zero attached hydrogens (tertiary/aromatic N) is 2. The van der Waals surface area contributed by atoms with Gasteiger partial charge in [-0.3, -0.25) is 0 Å². The van der Waals surface area contributed by atoms with E-state index >= 15 is 0 Å². The summed E-state index contributed by atoms with van der Waals surface area (Å²) in [6, 6.07) is 7.47. The molecule has 3 heteroatoms. The van der Waals surface area contributed by atoms with Gasteiger partial charge in [-0.1, -0.05) is 23.2 Å². The van der Waals surface area contributed by atoms with Crippen molar-refractivity contribution in [2.75, 3.05) is 0 Å². The number of benzene rings is 1. The molecule has 1 aromatic heterocycles. The molecule has 2 aromatic rings. The van der Waals surface area contributed by atoms with Crippen LogP contribution in [0.5, 0.6) is 0 Å². The van der Waals surface area contributed by atoms with Crippen molar-refractivity contribution in [3.63, 3.8) is 0 Å². The van der Waals surface area contributed by atoms with Crippen LogP contribution in [0.4, 0.5) is 0 Å². The lowest BCUT2D eigenvalue weighted by atomic mass is 10.1. The Morgan fingerprint density at radius 3 is 2.93 bits per heavy atom. The first-order valence-corrected chi connectivity index (χ1v) is 4.17. The van der Waals surface area contributed by atoms with E-state index in [4.69, 9.17) is 10.9 Å². The lowest BCUT2D eigenvalue weighted by molar-refractivity contribution is 0.394. The molecule has 0 N–H and O–H groups in total. The van der Waals surface area contributed by atoms with Crippen LogP contribution in [0.3, 0.4) is 0 Å². The average molecular weight is 184 g/mol. The topological polar surface area (TPSA) is 38.9 Å². The molecule has 0 amide bonds. The fraction of sp³-hybridized carbons (Fsp3) is 0.0909. The number of aromatic nitrogens is 2. The minimum Gasteiger partial charge on any atom is -0.339 e.